The van der Waals surface area contributed by atoms with E-state index in [1.165, 1.54) is 17.8 Å². The van der Waals surface area contributed by atoms with Crippen LogP contribution < -0.4 is 10.2 Å². The van der Waals surface area contributed by atoms with Gasteiger partial charge in [-0.05, 0) is 30.7 Å². The molecule has 1 fully saturated rings. The van der Waals surface area contributed by atoms with Crippen LogP contribution in [0.25, 0.3) is 0 Å². The van der Waals surface area contributed by atoms with E-state index < -0.39 is 17.0 Å². The molecule has 0 saturated carbocycles. The number of anilines is 2. The van der Waals surface area contributed by atoms with Crippen molar-refractivity contribution in [3.8, 4) is 0 Å². The normalized spacial score (nSPS) is 15.8. The van der Waals surface area contributed by atoms with Crippen molar-refractivity contribution in [1.29, 1.82) is 0 Å². The number of carbonyl (C=O) groups excluding carboxylic acids is 1. The number of thioether (sulfide) groups is 1. The summed E-state index contributed by atoms with van der Waals surface area (Å²) in [5.41, 5.74) is 1.06. The maximum atomic E-state index is 13.2. The summed E-state index contributed by atoms with van der Waals surface area (Å²) in [4.78, 5) is 14.6. The van der Waals surface area contributed by atoms with E-state index in [1.54, 1.807) is 6.92 Å². The number of hydrogen-bond donors (Lipinski definition) is 1. The lowest BCUT2D eigenvalue weighted by atomic mass is 10.1. The standard InChI is InChI=1S/C21H23F3N2O2S/c1-15(29-14-16-5-3-2-4-6-16)20(27)25-18-13-17(21(22,23)24)7-8-19(18)26-9-11-28-12-10-26/h2-8,13,15H,9-12,14H2,1H3,(H,25,27)/t15-/m1/s1. The number of amides is 1. The highest BCUT2D eigenvalue weighted by atomic mass is 32.2. The van der Waals surface area contributed by atoms with Crippen molar-refractivity contribution >= 4 is 29.0 Å². The highest BCUT2D eigenvalue weighted by Crippen LogP contribution is 2.36. The minimum absolute atomic E-state index is 0.180. The molecule has 1 amide bonds. The SMILES string of the molecule is C[C@@H](SCc1ccccc1)C(=O)Nc1cc(C(F)(F)F)ccc1N1CCOCC1. The van der Waals surface area contributed by atoms with Gasteiger partial charge < -0.3 is 15.0 Å². The van der Waals surface area contributed by atoms with Crippen LogP contribution in [0.5, 0.6) is 0 Å². The quantitative estimate of drug-likeness (QED) is 0.723. The largest absolute Gasteiger partial charge is 0.416 e. The molecule has 1 aliphatic heterocycles. The lowest BCUT2D eigenvalue weighted by molar-refractivity contribution is -0.137. The number of rotatable bonds is 6. The molecule has 29 heavy (non-hydrogen) atoms. The number of ether oxygens (including phenoxy) is 1. The van der Waals surface area contributed by atoms with Crippen molar-refractivity contribution < 1.29 is 22.7 Å². The average molecular weight is 424 g/mol. The molecular formula is C21H23F3N2O2S. The molecule has 1 saturated heterocycles. The number of benzene rings is 2. The number of nitrogens with one attached hydrogen (secondary N) is 1. The Labute approximate surface area is 172 Å². The van der Waals surface area contributed by atoms with Gasteiger partial charge in [0.1, 0.15) is 0 Å². The summed E-state index contributed by atoms with van der Waals surface area (Å²) in [5.74, 6) is 0.327. The number of nitrogens with zero attached hydrogens (tertiary/aromatic N) is 1. The summed E-state index contributed by atoms with van der Waals surface area (Å²) < 4.78 is 44.9. The van der Waals surface area contributed by atoms with Gasteiger partial charge in [0.15, 0.2) is 0 Å². The molecule has 1 aliphatic rings. The Morgan fingerprint density at radius 3 is 2.52 bits per heavy atom. The Kier molecular flexibility index (Phi) is 7.08. The Morgan fingerprint density at radius 2 is 1.86 bits per heavy atom. The van der Waals surface area contributed by atoms with E-state index in [4.69, 9.17) is 4.74 Å². The van der Waals surface area contributed by atoms with Gasteiger partial charge >= 0.3 is 6.18 Å². The first kappa shape index (κ1) is 21.5. The lowest BCUT2D eigenvalue weighted by Gasteiger charge is -2.31. The molecule has 8 heteroatoms. The van der Waals surface area contributed by atoms with Crippen molar-refractivity contribution in [1.82, 2.24) is 0 Å². The van der Waals surface area contributed by atoms with Crippen LogP contribution in [0.4, 0.5) is 24.5 Å². The molecule has 2 aromatic carbocycles. The van der Waals surface area contributed by atoms with E-state index in [2.05, 4.69) is 5.32 Å². The zero-order valence-corrected chi connectivity index (χ0v) is 16.9. The highest BCUT2D eigenvalue weighted by molar-refractivity contribution is 7.99. The number of morpholine rings is 1. The third-order valence-corrected chi connectivity index (χ3v) is 5.86. The molecular weight excluding hydrogens is 401 g/mol. The van der Waals surface area contributed by atoms with Crippen molar-refractivity contribution in [2.75, 3.05) is 36.5 Å². The maximum Gasteiger partial charge on any atom is 0.416 e. The minimum atomic E-state index is -4.48. The topological polar surface area (TPSA) is 41.6 Å². The Bertz CT molecular complexity index is 824. The van der Waals surface area contributed by atoms with Crippen LogP contribution in [-0.2, 0) is 21.5 Å². The van der Waals surface area contributed by atoms with Gasteiger partial charge in [-0.3, -0.25) is 4.79 Å². The second-order valence-electron chi connectivity index (χ2n) is 6.76. The van der Waals surface area contributed by atoms with Gasteiger partial charge in [-0.15, -0.1) is 11.8 Å². The summed E-state index contributed by atoms with van der Waals surface area (Å²) >= 11 is 1.44. The molecule has 2 aromatic rings. The molecule has 1 N–H and O–H groups in total. The van der Waals surface area contributed by atoms with Crippen molar-refractivity contribution in [3.05, 3.63) is 59.7 Å². The number of halogens is 3. The third-order valence-electron chi connectivity index (χ3n) is 4.65. The van der Waals surface area contributed by atoms with E-state index in [0.717, 1.165) is 17.7 Å². The molecule has 0 unspecified atom stereocenters. The maximum absolute atomic E-state index is 13.2. The predicted molar refractivity (Wildman–Crippen MR) is 110 cm³/mol. The van der Waals surface area contributed by atoms with Crippen LogP contribution >= 0.6 is 11.8 Å². The summed E-state index contributed by atoms with van der Waals surface area (Å²) in [7, 11) is 0. The first-order valence-corrected chi connectivity index (χ1v) is 10.4. The van der Waals surface area contributed by atoms with Gasteiger partial charge in [-0.1, -0.05) is 30.3 Å². The summed E-state index contributed by atoms with van der Waals surface area (Å²) in [6.07, 6.45) is -4.48. The van der Waals surface area contributed by atoms with E-state index in [0.29, 0.717) is 37.7 Å². The summed E-state index contributed by atoms with van der Waals surface area (Å²) in [5, 5.41) is 2.30. The van der Waals surface area contributed by atoms with Crippen LogP contribution in [-0.4, -0.2) is 37.5 Å². The van der Waals surface area contributed by atoms with Gasteiger partial charge in [0, 0.05) is 18.8 Å². The molecule has 3 rings (SSSR count). The van der Waals surface area contributed by atoms with Crippen LogP contribution in [0.1, 0.15) is 18.1 Å². The minimum Gasteiger partial charge on any atom is -0.378 e. The van der Waals surface area contributed by atoms with Crippen molar-refractivity contribution in [3.63, 3.8) is 0 Å². The predicted octanol–water partition coefficient (Wildman–Crippen LogP) is 4.80. The zero-order chi connectivity index (χ0) is 20.9. The Balaban J connectivity index is 1.74. The molecule has 0 aliphatic carbocycles. The first-order chi connectivity index (χ1) is 13.8. The molecule has 1 heterocycles. The molecule has 0 bridgehead atoms. The summed E-state index contributed by atoms with van der Waals surface area (Å²) in [6, 6.07) is 13.2. The van der Waals surface area contributed by atoms with Crippen LogP contribution in [0.3, 0.4) is 0 Å². The lowest BCUT2D eigenvalue weighted by Crippen LogP contribution is -2.37. The smallest absolute Gasteiger partial charge is 0.378 e. The van der Waals surface area contributed by atoms with E-state index in [-0.39, 0.29) is 11.6 Å². The molecule has 4 nitrogen and oxygen atoms in total. The van der Waals surface area contributed by atoms with Gasteiger partial charge in [-0.25, -0.2) is 0 Å². The molecule has 0 radical (unpaired) electrons. The van der Waals surface area contributed by atoms with Crippen LogP contribution in [0.2, 0.25) is 0 Å². The fourth-order valence-corrected chi connectivity index (χ4v) is 3.84. The van der Waals surface area contributed by atoms with Crippen LogP contribution in [0, 0.1) is 0 Å². The third kappa shape index (κ3) is 5.90. The number of alkyl halides is 3. The Hall–Kier alpha value is -2.19. The molecule has 1 atom stereocenters. The fourth-order valence-electron chi connectivity index (χ4n) is 3.00. The van der Waals surface area contributed by atoms with Crippen molar-refractivity contribution in [2.45, 2.75) is 24.1 Å². The average Bonchev–Trinajstić information content (AvgIpc) is 2.72. The van der Waals surface area contributed by atoms with E-state index >= 15 is 0 Å². The zero-order valence-electron chi connectivity index (χ0n) is 16.0. The van der Waals surface area contributed by atoms with Gasteiger partial charge in [-0.2, -0.15) is 13.2 Å². The van der Waals surface area contributed by atoms with Gasteiger partial charge in [0.2, 0.25) is 5.91 Å². The summed E-state index contributed by atoms with van der Waals surface area (Å²) in [6.45, 7) is 3.87. The molecule has 156 valence electrons. The molecule has 0 aromatic heterocycles. The van der Waals surface area contributed by atoms with Crippen molar-refractivity contribution in [2.24, 2.45) is 0 Å². The molecule has 0 spiro atoms. The van der Waals surface area contributed by atoms with Gasteiger partial charge in [0.25, 0.3) is 0 Å². The Morgan fingerprint density at radius 1 is 1.17 bits per heavy atom. The second kappa shape index (κ2) is 9.54. The number of carbonyl (C=O) groups is 1. The van der Waals surface area contributed by atoms with Crippen LogP contribution in [0.15, 0.2) is 48.5 Å². The number of hydrogen-bond acceptors (Lipinski definition) is 4. The highest BCUT2D eigenvalue weighted by Gasteiger charge is 2.32. The van der Waals surface area contributed by atoms with E-state index in [1.807, 2.05) is 35.2 Å². The monoisotopic (exact) mass is 424 g/mol. The van der Waals surface area contributed by atoms with E-state index in [9.17, 15) is 18.0 Å². The second-order valence-corrected chi connectivity index (χ2v) is 8.09. The first-order valence-electron chi connectivity index (χ1n) is 9.35. The fraction of sp³-hybridized carbons (Fsp3) is 0.381. The van der Waals surface area contributed by atoms with Gasteiger partial charge in [0.05, 0.1) is 35.4 Å².